The second-order valence-corrected chi connectivity index (χ2v) is 5.65. The van der Waals surface area contributed by atoms with Crippen molar-refractivity contribution in [2.45, 2.75) is 46.1 Å². The number of benzene rings is 1. The molecule has 2 nitrogen and oxygen atoms in total. The van der Waals surface area contributed by atoms with Gasteiger partial charge in [-0.05, 0) is 43.4 Å². The van der Waals surface area contributed by atoms with E-state index in [9.17, 15) is 0 Å². The molecule has 0 amide bonds. The first-order chi connectivity index (χ1) is 8.70. The van der Waals surface area contributed by atoms with Crippen LogP contribution in [0.25, 0.3) is 0 Å². The number of hydrogen-bond acceptors (Lipinski definition) is 2. The maximum Gasteiger partial charge on any atom is 0.0386 e. The van der Waals surface area contributed by atoms with Gasteiger partial charge in [-0.1, -0.05) is 26.8 Å². The van der Waals surface area contributed by atoms with Crippen LogP contribution in [0.3, 0.4) is 0 Å². The van der Waals surface area contributed by atoms with Crippen LogP contribution >= 0.6 is 0 Å². The Morgan fingerprint density at radius 1 is 1.22 bits per heavy atom. The highest BCUT2D eigenvalue weighted by atomic mass is 15.1. The smallest absolute Gasteiger partial charge is 0.0386 e. The quantitative estimate of drug-likeness (QED) is 0.840. The molecule has 1 atom stereocenters. The Bertz CT molecular complexity index is 367. The summed E-state index contributed by atoms with van der Waals surface area (Å²) in [4.78, 5) is 2.49. The molecule has 0 radical (unpaired) electrons. The summed E-state index contributed by atoms with van der Waals surface area (Å²) < 4.78 is 0. The Labute approximate surface area is 111 Å². The summed E-state index contributed by atoms with van der Waals surface area (Å²) in [5.41, 5.74) is 2.64. The molecule has 1 aromatic carbocycles. The van der Waals surface area contributed by atoms with Crippen molar-refractivity contribution >= 4 is 11.4 Å². The molecule has 0 aliphatic carbocycles. The summed E-state index contributed by atoms with van der Waals surface area (Å²) in [6.07, 6.45) is 3.84. The second-order valence-electron chi connectivity index (χ2n) is 5.65. The van der Waals surface area contributed by atoms with E-state index in [2.05, 4.69) is 55.3 Å². The van der Waals surface area contributed by atoms with E-state index in [0.29, 0.717) is 12.0 Å². The van der Waals surface area contributed by atoms with Gasteiger partial charge in [-0.3, -0.25) is 0 Å². The molecule has 1 N–H and O–H groups in total. The first kappa shape index (κ1) is 13.3. The molecule has 2 rings (SSSR count). The van der Waals surface area contributed by atoms with Gasteiger partial charge in [-0.2, -0.15) is 0 Å². The molecule has 18 heavy (non-hydrogen) atoms. The van der Waals surface area contributed by atoms with Crippen LogP contribution in [-0.2, 0) is 0 Å². The van der Waals surface area contributed by atoms with Gasteiger partial charge in [-0.15, -0.1) is 0 Å². The average Bonchev–Trinajstić information content (AvgIpc) is 2.90. The maximum atomic E-state index is 3.67. The molecule has 1 aromatic rings. The molecule has 1 saturated heterocycles. The molecule has 1 heterocycles. The molecule has 0 spiro atoms. The Kier molecular flexibility index (Phi) is 4.51. The first-order valence-electron chi connectivity index (χ1n) is 7.32. The fraction of sp³-hybridized carbons (Fsp3) is 0.625. The van der Waals surface area contributed by atoms with Crippen LogP contribution in [0.2, 0.25) is 0 Å². The van der Waals surface area contributed by atoms with Gasteiger partial charge in [0.25, 0.3) is 0 Å². The molecule has 1 aliphatic rings. The first-order valence-corrected chi connectivity index (χ1v) is 7.32. The molecular formula is C16H26N2. The van der Waals surface area contributed by atoms with Crippen molar-refractivity contribution in [3.05, 3.63) is 24.3 Å². The molecule has 0 saturated carbocycles. The van der Waals surface area contributed by atoms with Crippen LogP contribution in [-0.4, -0.2) is 19.1 Å². The van der Waals surface area contributed by atoms with E-state index in [-0.39, 0.29) is 0 Å². The van der Waals surface area contributed by atoms with Crippen LogP contribution in [0.4, 0.5) is 11.4 Å². The van der Waals surface area contributed by atoms with Crippen molar-refractivity contribution in [3.63, 3.8) is 0 Å². The van der Waals surface area contributed by atoms with Crippen molar-refractivity contribution in [3.8, 4) is 0 Å². The largest absolute Gasteiger partial charge is 0.382 e. The Balaban J connectivity index is 2.06. The van der Waals surface area contributed by atoms with Gasteiger partial charge in [-0.25, -0.2) is 0 Å². The van der Waals surface area contributed by atoms with Gasteiger partial charge < -0.3 is 10.2 Å². The number of rotatable bonds is 5. The summed E-state index contributed by atoms with van der Waals surface area (Å²) in [6.45, 7) is 9.24. The minimum Gasteiger partial charge on any atom is -0.382 e. The van der Waals surface area contributed by atoms with E-state index < -0.39 is 0 Å². The standard InChI is InChI=1S/C16H26N2/c1-4-16(13(2)3)17-14-8-7-9-15(12-14)18-10-5-6-11-18/h7-9,12-13,16-17H,4-6,10-11H2,1-3H3. The average molecular weight is 246 g/mol. The topological polar surface area (TPSA) is 15.3 Å². The van der Waals surface area contributed by atoms with Gasteiger partial charge in [0, 0.05) is 30.5 Å². The lowest BCUT2D eigenvalue weighted by Gasteiger charge is -2.24. The third-order valence-electron chi connectivity index (χ3n) is 3.91. The highest BCUT2D eigenvalue weighted by Gasteiger charge is 2.14. The highest BCUT2D eigenvalue weighted by Crippen LogP contribution is 2.24. The van der Waals surface area contributed by atoms with Crippen molar-refractivity contribution in [2.75, 3.05) is 23.3 Å². The lowest BCUT2D eigenvalue weighted by Crippen LogP contribution is -2.25. The van der Waals surface area contributed by atoms with E-state index >= 15 is 0 Å². The van der Waals surface area contributed by atoms with Gasteiger partial charge in [0.1, 0.15) is 0 Å². The highest BCUT2D eigenvalue weighted by molar-refractivity contribution is 5.58. The van der Waals surface area contributed by atoms with Gasteiger partial charge >= 0.3 is 0 Å². The summed E-state index contributed by atoms with van der Waals surface area (Å²) in [7, 11) is 0. The molecular weight excluding hydrogens is 220 g/mol. The molecule has 0 bridgehead atoms. The molecule has 1 fully saturated rings. The number of anilines is 2. The third kappa shape index (κ3) is 3.18. The minimum atomic E-state index is 0.568. The van der Waals surface area contributed by atoms with Crippen molar-refractivity contribution in [1.82, 2.24) is 0 Å². The van der Waals surface area contributed by atoms with Crippen LogP contribution in [0.1, 0.15) is 40.0 Å². The van der Waals surface area contributed by atoms with Crippen molar-refractivity contribution < 1.29 is 0 Å². The van der Waals surface area contributed by atoms with Crippen LogP contribution in [0.5, 0.6) is 0 Å². The normalized spacial score (nSPS) is 17.2. The summed E-state index contributed by atoms with van der Waals surface area (Å²) in [5, 5.41) is 3.67. The fourth-order valence-electron chi connectivity index (χ4n) is 2.72. The SMILES string of the molecule is CCC(Nc1cccc(N2CCCC2)c1)C(C)C. The lowest BCUT2D eigenvalue weighted by atomic mass is 10.0. The third-order valence-corrected chi connectivity index (χ3v) is 3.91. The molecule has 1 unspecified atom stereocenters. The van der Waals surface area contributed by atoms with E-state index in [1.165, 1.54) is 43.7 Å². The second kappa shape index (κ2) is 6.12. The lowest BCUT2D eigenvalue weighted by molar-refractivity contribution is 0.511. The van der Waals surface area contributed by atoms with Gasteiger partial charge in [0.05, 0.1) is 0 Å². The zero-order chi connectivity index (χ0) is 13.0. The molecule has 1 aliphatic heterocycles. The van der Waals surface area contributed by atoms with Crippen LogP contribution < -0.4 is 10.2 Å². The number of nitrogens with zero attached hydrogens (tertiary/aromatic N) is 1. The van der Waals surface area contributed by atoms with Crippen LogP contribution in [0.15, 0.2) is 24.3 Å². The van der Waals surface area contributed by atoms with E-state index in [4.69, 9.17) is 0 Å². The number of nitrogens with one attached hydrogen (secondary N) is 1. The van der Waals surface area contributed by atoms with Crippen molar-refractivity contribution in [2.24, 2.45) is 5.92 Å². The summed E-state index contributed by atoms with van der Waals surface area (Å²) in [6, 6.07) is 9.45. The summed E-state index contributed by atoms with van der Waals surface area (Å²) >= 11 is 0. The zero-order valence-electron chi connectivity index (χ0n) is 11.9. The molecule has 2 heteroatoms. The van der Waals surface area contributed by atoms with E-state index in [0.717, 1.165) is 0 Å². The monoisotopic (exact) mass is 246 g/mol. The Morgan fingerprint density at radius 2 is 1.94 bits per heavy atom. The predicted molar refractivity (Wildman–Crippen MR) is 80.4 cm³/mol. The molecule has 0 aromatic heterocycles. The van der Waals surface area contributed by atoms with Gasteiger partial charge in [0.2, 0.25) is 0 Å². The maximum absolute atomic E-state index is 3.67. The van der Waals surface area contributed by atoms with Crippen LogP contribution in [0, 0.1) is 5.92 Å². The molecule has 100 valence electrons. The van der Waals surface area contributed by atoms with E-state index in [1.54, 1.807) is 0 Å². The number of hydrogen-bond donors (Lipinski definition) is 1. The van der Waals surface area contributed by atoms with E-state index in [1.807, 2.05) is 0 Å². The Morgan fingerprint density at radius 3 is 2.56 bits per heavy atom. The zero-order valence-corrected chi connectivity index (χ0v) is 11.9. The fourth-order valence-corrected chi connectivity index (χ4v) is 2.72. The van der Waals surface area contributed by atoms with Crippen molar-refractivity contribution in [1.29, 1.82) is 0 Å². The predicted octanol–water partition coefficient (Wildman–Crippen LogP) is 4.13. The summed E-state index contributed by atoms with van der Waals surface area (Å²) in [5.74, 6) is 0.672. The minimum absolute atomic E-state index is 0.568. The van der Waals surface area contributed by atoms with Gasteiger partial charge in [0.15, 0.2) is 0 Å². The Hall–Kier alpha value is -1.18.